The summed E-state index contributed by atoms with van der Waals surface area (Å²) >= 11 is 6.03. The number of methoxy groups -OCH3 is 1. The van der Waals surface area contributed by atoms with E-state index in [1.54, 1.807) is 34.6 Å². The topological polar surface area (TPSA) is 128 Å². The maximum absolute atomic E-state index is 12.5. The normalized spacial score (nSPS) is 17.1. The number of rotatable bonds is 4. The Labute approximate surface area is 179 Å². The Balaban J connectivity index is 2.48. The summed E-state index contributed by atoms with van der Waals surface area (Å²) in [5.74, 6) is -1.05. The number of esters is 1. The van der Waals surface area contributed by atoms with Gasteiger partial charge in [-0.05, 0) is 32.4 Å². The fourth-order valence-electron chi connectivity index (χ4n) is 3.08. The predicted molar refractivity (Wildman–Crippen MR) is 109 cm³/mol. The van der Waals surface area contributed by atoms with Gasteiger partial charge in [0.15, 0.2) is 0 Å². The molecule has 0 radical (unpaired) electrons. The first-order valence-corrected chi connectivity index (χ1v) is 9.77. The van der Waals surface area contributed by atoms with Crippen LogP contribution < -0.4 is 4.90 Å². The van der Waals surface area contributed by atoms with Gasteiger partial charge in [-0.1, -0.05) is 13.8 Å². The molecule has 12 heteroatoms. The van der Waals surface area contributed by atoms with E-state index in [4.69, 9.17) is 21.1 Å². The molecule has 166 valence electrons. The van der Waals surface area contributed by atoms with E-state index < -0.39 is 28.6 Å². The van der Waals surface area contributed by atoms with Crippen LogP contribution in [0.3, 0.4) is 0 Å². The summed E-state index contributed by atoms with van der Waals surface area (Å²) in [6, 6.07) is -1.03. The number of hydrogen-bond donors (Lipinski definition) is 0. The quantitative estimate of drug-likeness (QED) is 0.298. The number of piperazine rings is 1. The van der Waals surface area contributed by atoms with Crippen LogP contribution >= 0.6 is 11.6 Å². The van der Waals surface area contributed by atoms with Gasteiger partial charge in [-0.3, -0.25) is 10.1 Å². The number of carbonyl (C=O) groups excluding carboxylic acids is 2. The summed E-state index contributed by atoms with van der Waals surface area (Å²) in [6.07, 6.45) is -0.589. The van der Waals surface area contributed by atoms with Crippen molar-refractivity contribution in [2.24, 2.45) is 0 Å². The largest absolute Gasteiger partial charge is 0.467 e. The van der Waals surface area contributed by atoms with E-state index in [9.17, 15) is 19.7 Å². The molecule has 0 saturated carbocycles. The van der Waals surface area contributed by atoms with Gasteiger partial charge >= 0.3 is 17.7 Å². The Kier molecular flexibility index (Phi) is 7.06. The molecular formula is C18H26ClN5O6. The first kappa shape index (κ1) is 23.6. The smallest absolute Gasteiger partial charge is 0.410 e. The molecule has 1 amide bonds. The lowest BCUT2D eigenvalue weighted by atomic mass is 10.1. The lowest BCUT2D eigenvalue weighted by Crippen LogP contribution is -2.59. The van der Waals surface area contributed by atoms with Crippen LogP contribution in [0.5, 0.6) is 0 Å². The molecule has 30 heavy (non-hydrogen) atoms. The zero-order valence-corrected chi connectivity index (χ0v) is 18.6. The molecule has 1 aliphatic heterocycles. The number of anilines is 1. The van der Waals surface area contributed by atoms with Crippen molar-refractivity contribution in [1.82, 2.24) is 14.9 Å². The summed E-state index contributed by atoms with van der Waals surface area (Å²) in [6.45, 7) is 8.86. The van der Waals surface area contributed by atoms with Gasteiger partial charge in [0.25, 0.3) is 0 Å². The van der Waals surface area contributed by atoms with Gasteiger partial charge in [0, 0.05) is 19.0 Å². The molecule has 11 nitrogen and oxygen atoms in total. The standard InChI is InChI=1S/C18H26ClN5O6/c1-10(2)12-13(24(27)28)14(21-16(19)20-12)23-8-7-22(9-11(23)15(25)29-6)17(26)30-18(3,4)5/h10-11H,7-9H2,1-6H3. The Morgan fingerprint density at radius 1 is 1.27 bits per heavy atom. The number of aromatic nitrogens is 2. The third-order valence-corrected chi connectivity index (χ3v) is 4.54. The molecule has 1 fully saturated rings. The van der Waals surface area contributed by atoms with Crippen molar-refractivity contribution in [2.75, 3.05) is 31.6 Å². The van der Waals surface area contributed by atoms with Gasteiger partial charge in [0.1, 0.15) is 17.3 Å². The van der Waals surface area contributed by atoms with Gasteiger partial charge in [-0.15, -0.1) is 0 Å². The van der Waals surface area contributed by atoms with E-state index in [1.165, 1.54) is 16.9 Å². The van der Waals surface area contributed by atoms with Crippen molar-refractivity contribution in [3.05, 3.63) is 21.1 Å². The van der Waals surface area contributed by atoms with Crippen molar-refractivity contribution in [3.8, 4) is 0 Å². The maximum Gasteiger partial charge on any atom is 0.410 e. The monoisotopic (exact) mass is 443 g/mol. The highest BCUT2D eigenvalue weighted by Crippen LogP contribution is 2.36. The van der Waals surface area contributed by atoms with Crippen LogP contribution in [0.1, 0.15) is 46.2 Å². The van der Waals surface area contributed by atoms with Gasteiger partial charge in [0.2, 0.25) is 11.1 Å². The second-order valence-corrected chi connectivity index (χ2v) is 8.46. The van der Waals surface area contributed by atoms with Crippen LogP contribution in [-0.2, 0) is 14.3 Å². The van der Waals surface area contributed by atoms with E-state index in [1.807, 2.05) is 0 Å². The molecule has 0 spiro atoms. The number of hydrogen-bond acceptors (Lipinski definition) is 9. The van der Waals surface area contributed by atoms with E-state index in [-0.39, 0.29) is 48.0 Å². The van der Waals surface area contributed by atoms with E-state index in [0.29, 0.717) is 0 Å². The molecule has 1 atom stereocenters. The first-order chi connectivity index (χ1) is 13.9. The number of amides is 1. The summed E-state index contributed by atoms with van der Waals surface area (Å²) in [7, 11) is 1.20. The fourth-order valence-corrected chi connectivity index (χ4v) is 3.25. The highest BCUT2D eigenvalue weighted by molar-refractivity contribution is 6.28. The highest BCUT2D eigenvalue weighted by atomic mass is 35.5. The molecule has 2 rings (SSSR count). The van der Waals surface area contributed by atoms with Crippen molar-refractivity contribution < 1.29 is 24.0 Å². The van der Waals surface area contributed by atoms with Crippen LogP contribution in [0.4, 0.5) is 16.3 Å². The van der Waals surface area contributed by atoms with Gasteiger partial charge in [0.05, 0.1) is 18.6 Å². The average molecular weight is 444 g/mol. The Morgan fingerprint density at radius 2 is 1.90 bits per heavy atom. The highest BCUT2D eigenvalue weighted by Gasteiger charge is 2.41. The van der Waals surface area contributed by atoms with Crippen LogP contribution in [0.2, 0.25) is 5.28 Å². The number of ether oxygens (including phenoxy) is 2. The third-order valence-electron chi connectivity index (χ3n) is 4.37. The molecule has 2 heterocycles. The molecule has 1 aromatic heterocycles. The summed E-state index contributed by atoms with van der Waals surface area (Å²) in [5, 5.41) is 11.7. The van der Waals surface area contributed by atoms with Gasteiger partial charge in [-0.2, -0.15) is 4.98 Å². The molecule has 1 saturated heterocycles. The van der Waals surface area contributed by atoms with Crippen molar-refractivity contribution >= 4 is 35.2 Å². The fraction of sp³-hybridized carbons (Fsp3) is 0.667. The summed E-state index contributed by atoms with van der Waals surface area (Å²) < 4.78 is 10.2. The molecule has 0 N–H and O–H groups in total. The van der Waals surface area contributed by atoms with Gasteiger partial charge in [-0.25, -0.2) is 14.6 Å². The van der Waals surface area contributed by atoms with Gasteiger partial charge < -0.3 is 19.3 Å². The summed E-state index contributed by atoms with van der Waals surface area (Å²) in [5.41, 5.74) is -0.873. The molecule has 1 unspecified atom stereocenters. The minimum absolute atomic E-state index is 0.0806. The predicted octanol–water partition coefficient (Wildman–Crippen LogP) is 2.76. The molecule has 1 aromatic rings. The first-order valence-electron chi connectivity index (χ1n) is 9.40. The molecule has 0 aromatic carbocycles. The van der Waals surface area contributed by atoms with Crippen LogP contribution in [0, 0.1) is 10.1 Å². The molecule has 0 aliphatic carbocycles. The van der Waals surface area contributed by atoms with E-state index in [0.717, 1.165) is 0 Å². The summed E-state index contributed by atoms with van der Waals surface area (Å²) in [4.78, 5) is 47.1. The SMILES string of the molecule is COC(=O)C1CN(C(=O)OC(C)(C)C)CCN1c1nc(Cl)nc(C(C)C)c1[N+](=O)[O-]. The lowest BCUT2D eigenvalue weighted by Gasteiger charge is -2.40. The maximum atomic E-state index is 12.5. The van der Waals surface area contributed by atoms with Crippen molar-refractivity contribution in [2.45, 2.75) is 52.2 Å². The second-order valence-electron chi connectivity index (χ2n) is 8.12. The Bertz CT molecular complexity index is 841. The lowest BCUT2D eigenvalue weighted by molar-refractivity contribution is -0.385. The molecule has 0 bridgehead atoms. The number of carbonyl (C=O) groups is 2. The van der Waals surface area contributed by atoms with Crippen LogP contribution in [0.25, 0.3) is 0 Å². The minimum atomic E-state index is -1.03. The van der Waals surface area contributed by atoms with E-state index in [2.05, 4.69) is 9.97 Å². The minimum Gasteiger partial charge on any atom is -0.467 e. The number of nitrogens with zero attached hydrogens (tertiary/aromatic N) is 5. The molecular weight excluding hydrogens is 418 g/mol. The Morgan fingerprint density at radius 3 is 2.40 bits per heavy atom. The third kappa shape index (κ3) is 5.26. The zero-order valence-electron chi connectivity index (χ0n) is 17.8. The van der Waals surface area contributed by atoms with Crippen molar-refractivity contribution in [3.63, 3.8) is 0 Å². The van der Waals surface area contributed by atoms with E-state index >= 15 is 0 Å². The van der Waals surface area contributed by atoms with Crippen LogP contribution in [-0.4, -0.2) is 70.2 Å². The zero-order chi connectivity index (χ0) is 22.8. The number of halogens is 1. The number of nitro groups is 1. The van der Waals surface area contributed by atoms with Crippen molar-refractivity contribution in [1.29, 1.82) is 0 Å². The van der Waals surface area contributed by atoms with Crippen LogP contribution in [0.15, 0.2) is 0 Å². The average Bonchev–Trinajstić information content (AvgIpc) is 2.64. The second kappa shape index (κ2) is 8.99. The molecule has 1 aliphatic rings. The Hall–Kier alpha value is -2.69.